The number of ether oxygens (including phenoxy) is 1. The van der Waals surface area contributed by atoms with Crippen LogP contribution in [0, 0.1) is 11.3 Å². The van der Waals surface area contributed by atoms with E-state index in [-0.39, 0.29) is 11.8 Å². The second-order valence-electron chi connectivity index (χ2n) is 5.24. The molecule has 120 valence electrons. The van der Waals surface area contributed by atoms with Crippen molar-refractivity contribution in [2.45, 2.75) is 13.0 Å². The van der Waals surface area contributed by atoms with Crippen molar-refractivity contribution in [2.75, 3.05) is 26.3 Å². The molecule has 1 saturated heterocycles. The van der Waals surface area contributed by atoms with Crippen LogP contribution in [0.5, 0.6) is 0 Å². The van der Waals surface area contributed by atoms with Crippen molar-refractivity contribution in [1.29, 1.82) is 5.26 Å². The van der Waals surface area contributed by atoms with Crippen LogP contribution in [0.1, 0.15) is 18.1 Å². The number of amides is 2. The van der Waals surface area contributed by atoms with E-state index in [2.05, 4.69) is 5.32 Å². The summed E-state index contributed by atoms with van der Waals surface area (Å²) in [5, 5.41) is 11.4. The number of hydrogen-bond acceptors (Lipinski definition) is 4. The second-order valence-corrected chi connectivity index (χ2v) is 5.24. The van der Waals surface area contributed by atoms with Crippen molar-refractivity contribution in [2.24, 2.45) is 0 Å². The summed E-state index contributed by atoms with van der Waals surface area (Å²) in [5.74, 6) is -0.433. The molecule has 23 heavy (non-hydrogen) atoms. The molecule has 0 radical (unpaired) electrons. The molecule has 1 aliphatic heterocycles. The fraction of sp³-hybridized carbons (Fsp3) is 0.353. The highest BCUT2D eigenvalue weighted by atomic mass is 16.5. The van der Waals surface area contributed by atoms with Crippen LogP contribution < -0.4 is 5.32 Å². The second kappa shape index (κ2) is 8.11. The molecular formula is C17H19N3O3. The maximum Gasteiger partial charge on any atom is 0.245 e. The molecule has 1 heterocycles. The van der Waals surface area contributed by atoms with Gasteiger partial charge in [-0.1, -0.05) is 12.1 Å². The summed E-state index contributed by atoms with van der Waals surface area (Å²) in [5.41, 5.74) is 1.38. The first-order chi connectivity index (χ1) is 11.1. The van der Waals surface area contributed by atoms with Crippen molar-refractivity contribution in [3.63, 3.8) is 0 Å². The zero-order chi connectivity index (χ0) is 16.7. The SMILES string of the molecule is CC(NC(=O)/C=C/c1ccc(C#N)cc1)C(=O)N1CCOCC1. The molecule has 2 amide bonds. The number of morpholine rings is 1. The van der Waals surface area contributed by atoms with Crippen LogP contribution in [-0.4, -0.2) is 49.1 Å². The van der Waals surface area contributed by atoms with Crippen molar-refractivity contribution in [1.82, 2.24) is 10.2 Å². The molecule has 0 saturated carbocycles. The number of hydrogen-bond donors (Lipinski definition) is 1. The van der Waals surface area contributed by atoms with Gasteiger partial charge in [0, 0.05) is 19.2 Å². The van der Waals surface area contributed by atoms with Gasteiger partial charge in [-0.25, -0.2) is 0 Å². The number of carbonyl (C=O) groups is 2. The third-order valence-electron chi connectivity index (χ3n) is 3.52. The van der Waals surface area contributed by atoms with Crippen molar-refractivity contribution in [3.8, 4) is 6.07 Å². The fourth-order valence-electron chi connectivity index (χ4n) is 2.22. The normalized spacial score (nSPS) is 15.9. The van der Waals surface area contributed by atoms with Crippen LogP contribution in [-0.2, 0) is 14.3 Å². The topological polar surface area (TPSA) is 82.4 Å². The van der Waals surface area contributed by atoms with Gasteiger partial charge < -0.3 is 15.0 Å². The Morgan fingerprint density at radius 1 is 1.30 bits per heavy atom. The predicted octanol–water partition coefficient (Wildman–Crippen LogP) is 0.935. The first-order valence-corrected chi connectivity index (χ1v) is 7.45. The van der Waals surface area contributed by atoms with Crippen molar-refractivity contribution < 1.29 is 14.3 Å². The van der Waals surface area contributed by atoms with Gasteiger partial charge in [-0.3, -0.25) is 9.59 Å². The van der Waals surface area contributed by atoms with Crippen LogP contribution in [0.4, 0.5) is 0 Å². The molecule has 0 spiro atoms. The van der Waals surface area contributed by atoms with Gasteiger partial charge >= 0.3 is 0 Å². The molecule has 6 nitrogen and oxygen atoms in total. The van der Waals surface area contributed by atoms with Crippen molar-refractivity contribution in [3.05, 3.63) is 41.5 Å². The number of nitriles is 1. The maximum absolute atomic E-state index is 12.2. The van der Waals surface area contributed by atoms with Crippen LogP contribution in [0.3, 0.4) is 0 Å². The number of rotatable bonds is 4. The van der Waals surface area contributed by atoms with E-state index in [0.29, 0.717) is 31.9 Å². The average Bonchev–Trinajstić information content (AvgIpc) is 2.60. The Labute approximate surface area is 135 Å². The standard InChI is InChI=1S/C17H19N3O3/c1-13(17(22)20-8-10-23-11-9-20)19-16(21)7-6-14-2-4-15(12-18)5-3-14/h2-7,13H,8-11H2,1H3,(H,19,21)/b7-6+. The van der Waals surface area contributed by atoms with Crippen LogP contribution in [0.25, 0.3) is 6.08 Å². The summed E-state index contributed by atoms with van der Waals surface area (Å²) in [6.07, 6.45) is 3.02. The van der Waals surface area contributed by atoms with Crippen LogP contribution in [0.2, 0.25) is 0 Å². The van der Waals surface area contributed by atoms with Crippen molar-refractivity contribution >= 4 is 17.9 Å². The van der Waals surface area contributed by atoms with E-state index in [1.807, 2.05) is 6.07 Å². The Hall–Kier alpha value is -2.65. The van der Waals surface area contributed by atoms with Gasteiger partial charge in [0.1, 0.15) is 6.04 Å². The maximum atomic E-state index is 12.2. The molecule has 0 aliphatic carbocycles. The smallest absolute Gasteiger partial charge is 0.245 e. The van der Waals surface area contributed by atoms with Gasteiger partial charge in [0.25, 0.3) is 0 Å². The summed E-state index contributed by atoms with van der Waals surface area (Å²) < 4.78 is 5.20. The summed E-state index contributed by atoms with van der Waals surface area (Å²) in [4.78, 5) is 25.8. The molecule has 1 N–H and O–H groups in total. The van der Waals surface area contributed by atoms with Crippen LogP contribution in [0.15, 0.2) is 30.3 Å². The predicted molar refractivity (Wildman–Crippen MR) is 85.2 cm³/mol. The minimum Gasteiger partial charge on any atom is -0.378 e. The Bertz CT molecular complexity index is 625. The molecule has 6 heteroatoms. The van der Waals surface area contributed by atoms with Gasteiger partial charge in [0.05, 0.1) is 24.8 Å². The Kier molecular flexibility index (Phi) is 5.89. The molecule has 2 rings (SSSR count). The number of carbonyl (C=O) groups excluding carboxylic acids is 2. The molecular weight excluding hydrogens is 294 g/mol. The zero-order valence-electron chi connectivity index (χ0n) is 13.0. The van der Waals surface area contributed by atoms with Gasteiger partial charge in [-0.15, -0.1) is 0 Å². The lowest BCUT2D eigenvalue weighted by Crippen LogP contribution is -2.50. The Morgan fingerprint density at radius 2 is 1.96 bits per heavy atom. The van der Waals surface area contributed by atoms with Gasteiger partial charge in [0.2, 0.25) is 11.8 Å². The highest BCUT2D eigenvalue weighted by molar-refractivity contribution is 5.95. The lowest BCUT2D eigenvalue weighted by molar-refractivity contribution is -0.138. The fourth-order valence-corrected chi connectivity index (χ4v) is 2.22. The molecule has 1 unspecified atom stereocenters. The summed E-state index contributed by atoms with van der Waals surface area (Å²) >= 11 is 0. The Morgan fingerprint density at radius 3 is 2.57 bits per heavy atom. The molecule has 1 atom stereocenters. The molecule has 0 bridgehead atoms. The molecule has 0 aromatic heterocycles. The molecule has 1 aliphatic rings. The summed E-state index contributed by atoms with van der Waals surface area (Å²) in [6, 6.07) is 8.33. The van der Waals surface area contributed by atoms with E-state index in [0.717, 1.165) is 5.56 Å². The van der Waals surface area contributed by atoms with E-state index in [9.17, 15) is 9.59 Å². The molecule has 1 fully saturated rings. The minimum absolute atomic E-state index is 0.103. The molecule has 1 aromatic carbocycles. The number of nitrogens with zero attached hydrogens (tertiary/aromatic N) is 2. The quantitative estimate of drug-likeness (QED) is 0.839. The highest BCUT2D eigenvalue weighted by Crippen LogP contribution is 2.05. The van der Waals surface area contributed by atoms with E-state index in [1.54, 1.807) is 42.2 Å². The number of nitrogens with one attached hydrogen (secondary N) is 1. The van der Waals surface area contributed by atoms with E-state index < -0.39 is 6.04 Å². The lowest BCUT2D eigenvalue weighted by Gasteiger charge is -2.29. The van der Waals surface area contributed by atoms with Crippen LogP contribution >= 0.6 is 0 Å². The number of benzene rings is 1. The summed E-state index contributed by atoms with van der Waals surface area (Å²) in [6.45, 7) is 3.85. The largest absolute Gasteiger partial charge is 0.378 e. The van der Waals surface area contributed by atoms with Gasteiger partial charge in [0.15, 0.2) is 0 Å². The zero-order valence-corrected chi connectivity index (χ0v) is 13.0. The monoisotopic (exact) mass is 313 g/mol. The first-order valence-electron chi connectivity index (χ1n) is 7.45. The summed E-state index contributed by atoms with van der Waals surface area (Å²) in [7, 11) is 0. The minimum atomic E-state index is -0.578. The van der Waals surface area contributed by atoms with E-state index >= 15 is 0 Å². The van der Waals surface area contributed by atoms with Gasteiger partial charge in [-0.2, -0.15) is 5.26 Å². The third-order valence-corrected chi connectivity index (χ3v) is 3.52. The third kappa shape index (κ3) is 4.94. The Balaban J connectivity index is 1.86. The van der Waals surface area contributed by atoms with E-state index in [1.165, 1.54) is 6.08 Å². The lowest BCUT2D eigenvalue weighted by atomic mass is 10.1. The average molecular weight is 313 g/mol. The highest BCUT2D eigenvalue weighted by Gasteiger charge is 2.22. The van der Waals surface area contributed by atoms with Gasteiger partial charge in [-0.05, 0) is 30.7 Å². The molecule has 1 aromatic rings. The first kappa shape index (κ1) is 16.7. The van der Waals surface area contributed by atoms with E-state index in [4.69, 9.17) is 10.00 Å².